The molecule has 1 saturated heterocycles. The lowest BCUT2D eigenvalue weighted by Crippen LogP contribution is -2.33. The van der Waals surface area contributed by atoms with Crippen LogP contribution in [0.25, 0.3) is 0 Å². The van der Waals surface area contributed by atoms with Gasteiger partial charge in [-0.25, -0.2) is 0 Å². The second kappa shape index (κ2) is 9.93. The Labute approximate surface area is 173 Å². The van der Waals surface area contributed by atoms with E-state index in [2.05, 4.69) is 10.2 Å². The molecular weight excluding hydrogens is 398 g/mol. The van der Waals surface area contributed by atoms with E-state index in [1.165, 1.54) is 0 Å². The standard InChI is InChI=1S/C21H24F2N2O3S/c1-27-15-7-10-17(19(12-15)28-2)18-4-3-11-25(18)13-20(26)24-14-5-8-16(9-6-14)29-21(22)23/h5-10,12,18,21H,3-4,11,13H2,1-2H3,(H,24,26). The Morgan fingerprint density at radius 3 is 2.62 bits per heavy atom. The summed E-state index contributed by atoms with van der Waals surface area (Å²) in [6.07, 6.45) is 1.93. The number of nitrogens with one attached hydrogen (secondary N) is 1. The summed E-state index contributed by atoms with van der Waals surface area (Å²) >= 11 is 0.481. The van der Waals surface area contributed by atoms with Crippen LogP contribution in [-0.4, -0.2) is 43.9 Å². The number of carbonyl (C=O) groups excluding carboxylic acids is 1. The van der Waals surface area contributed by atoms with Crippen LogP contribution in [0.2, 0.25) is 0 Å². The Kier molecular flexibility index (Phi) is 7.33. The van der Waals surface area contributed by atoms with E-state index in [4.69, 9.17) is 9.47 Å². The van der Waals surface area contributed by atoms with Crippen molar-refractivity contribution in [1.29, 1.82) is 0 Å². The highest BCUT2D eigenvalue weighted by molar-refractivity contribution is 7.99. The monoisotopic (exact) mass is 422 g/mol. The fraction of sp³-hybridized carbons (Fsp3) is 0.381. The van der Waals surface area contributed by atoms with Crippen LogP contribution in [0.3, 0.4) is 0 Å². The SMILES string of the molecule is COc1ccc(C2CCCN2CC(=O)Nc2ccc(SC(F)F)cc2)c(OC)c1. The van der Waals surface area contributed by atoms with Crippen LogP contribution in [0, 0.1) is 0 Å². The van der Waals surface area contributed by atoms with Gasteiger partial charge in [-0.15, -0.1) is 0 Å². The number of carbonyl (C=O) groups is 1. The minimum atomic E-state index is -2.46. The molecular formula is C21H24F2N2O3S. The summed E-state index contributed by atoms with van der Waals surface area (Å²) in [6.45, 7) is 1.06. The van der Waals surface area contributed by atoms with E-state index in [0.29, 0.717) is 22.3 Å². The summed E-state index contributed by atoms with van der Waals surface area (Å²) in [6, 6.07) is 12.2. The molecule has 0 saturated carbocycles. The second-order valence-corrected chi connectivity index (χ2v) is 7.75. The highest BCUT2D eigenvalue weighted by atomic mass is 32.2. The molecule has 8 heteroatoms. The van der Waals surface area contributed by atoms with Crippen molar-refractivity contribution in [2.45, 2.75) is 29.5 Å². The largest absolute Gasteiger partial charge is 0.497 e. The van der Waals surface area contributed by atoms with Gasteiger partial charge in [0.15, 0.2) is 0 Å². The van der Waals surface area contributed by atoms with Gasteiger partial charge in [0.2, 0.25) is 5.91 Å². The summed E-state index contributed by atoms with van der Waals surface area (Å²) < 4.78 is 35.6. The van der Waals surface area contributed by atoms with Gasteiger partial charge in [0.05, 0.1) is 20.8 Å². The number of alkyl halides is 2. The van der Waals surface area contributed by atoms with E-state index in [-0.39, 0.29) is 18.5 Å². The Morgan fingerprint density at radius 2 is 1.97 bits per heavy atom. The fourth-order valence-corrected chi connectivity index (χ4v) is 4.06. The molecule has 1 N–H and O–H groups in total. The first-order valence-electron chi connectivity index (χ1n) is 9.31. The number of anilines is 1. The van der Waals surface area contributed by atoms with E-state index in [9.17, 15) is 13.6 Å². The third kappa shape index (κ3) is 5.61. The van der Waals surface area contributed by atoms with Crippen LogP contribution in [0.15, 0.2) is 47.4 Å². The predicted molar refractivity (Wildman–Crippen MR) is 110 cm³/mol. The molecule has 29 heavy (non-hydrogen) atoms. The van der Waals surface area contributed by atoms with Crippen LogP contribution < -0.4 is 14.8 Å². The first-order valence-corrected chi connectivity index (χ1v) is 10.2. The maximum atomic E-state index is 12.5. The number of rotatable bonds is 8. The molecule has 5 nitrogen and oxygen atoms in total. The topological polar surface area (TPSA) is 50.8 Å². The molecule has 2 aromatic rings. The molecule has 1 heterocycles. The first kappa shape index (κ1) is 21.4. The first-order chi connectivity index (χ1) is 14.0. The van der Waals surface area contributed by atoms with Crippen molar-refractivity contribution in [2.24, 2.45) is 0 Å². The van der Waals surface area contributed by atoms with Gasteiger partial charge in [-0.2, -0.15) is 8.78 Å². The van der Waals surface area contributed by atoms with E-state index in [1.54, 1.807) is 38.5 Å². The van der Waals surface area contributed by atoms with Crippen LogP contribution in [0.5, 0.6) is 11.5 Å². The molecule has 0 aliphatic carbocycles. The molecule has 0 radical (unpaired) electrons. The average molecular weight is 422 g/mol. The number of nitrogens with zero attached hydrogens (tertiary/aromatic N) is 1. The highest BCUT2D eigenvalue weighted by Crippen LogP contribution is 2.38. The summed E-state index contributed by atoms with van der Waals surface area (Å²) in [5.41, 5.74) is 1.62. The zero-order valence-electron chi connectivity index (χ0n) is 16.4. The van der Waals surface area contributed by atoms with Crippen molar-refractivity contribution in [3.05, 3.63) is 48.0 Å². The third-order valence-electron chi connectivity index (χ3n) is 4.87. The molecule has 1 amide bonds. The molecule has 1 atom stereocenters. The lowest BCUT2D eigenvalue weighted by Gasteiger charge is -2.26. The van der Waals surface area contributed by atoms with E-state index in [0.717, 1.165) is 36.4 Å². The molecule has 0 bridgehead atoms. The molecule has 156 valence electrons. The number of halogens is 2. The number of hydrogen-bond acceptors (Lipinski definition) is 5. The molecule has 2 aromatic carbocycles. The molecule has 1 fully saturated rings. The number of methoxy groups -OCH3 is 2. The minimum Gasteiger partial charge on any atom is -0.497 e. The van der Waals surface area contributed by atoms with Crippen molar-refractivity contribution in [2.75, 3.05) is 32.6 Å². The third-order valence-corrected chi connectivity index (χ3v) is 5.60. The molecule has 0 aromatic heterocycles. The lowest BCUT2D eigenvalue weighted by atomic mass is 10.0. The maximum absolute atomic E-state index is 12.5. The van der Waals surface area contributed by atoms with Crippen LogP contribution >= 0.6 is 11.8 Å². The van der Waals surface area contributed by atoms with Crippen LogP contribution in [-0.2, 0) is 4.79 Å². The predicted octanol–water partition coefficient (Wildman–Crippen LogP) is 4.79. The summed E-state index contributed by atoms with van der Waals surface area (Å²) in [5, 5.41) is 2.84. The molecule has 0 spiro atoms. The van der Waals surface area contributed by atoms with Gasteiger partial charge < -0.3 is 14.8 Å². The smallest absolute Gasteiger partial charge is 0.288 e. The Bertz CT molecular complexity index is 833. The van der Waals surface area contributed by atoms with Crippen molar-refractivity contribution in [3.8, 4) is 11.5 Å². The van der Waals surface area contributed by atoms with Gasteiger partial charge in [-0.3, -0.25) is 9.69 Å². The molecule has 1 unspecified atom stereocenters. The van der Waals surface area contributed by atoms with E-state index >= 15 is 0 Å². The Balaban J connectivity index is 1.64. The zero-order chi connectivity index (χ0) is 20.8. The average Bonchev–Trinajstić information content (AvgIpc) is 3.16. The van der Waals surface area contributed by atoms with Crippen molar-refractivity contribution in [1.82, 2.24) is 4.90 Å². The van der Waals surface area contributed by atoms with Gasteiger partial charge in [0.25, 0.3) is 5.76 Å². The fourth-order valence-electron chi connectivity index (χ4n) is 3.57. The second-order valence-electron chi connectivity index (χ2n) is 6.69. The molecule has 1 aliphatic heterocycles. The van der Waals surface area contributed by atoms with Gasteiger partial charge in [-0.05, 0) is 49.7 Å². The van der Waals surface area contributed by atoms with Crippen LogP contribution in [0.1, 0.15) is 24.4 Å². The van der Waals surface area contributed by atoms with E-state index in [1.807, 2.05) is 18.2 Å². The highest BCUT2D eigenvalue weighted by Gasteiger charge is 2.29. The van der Waals surface area contributed by atoms with Gasteiger partial charge in [0, 0.05) is 28.3 Å². The van der Waals surface area contributed by atoms with E-state index < -0.39 is 5.76 Å². The number of ether oxygens (including phenoxy) is 2. The van der Waals surface area contributed by atoms with Gasteiger partial charge in [0.1, 0.15) is 11.5 Å². The van der Waals surface area contributed by atoms with Gasteiger partial charge in [-0.1, -0.05) is 17.8 Å². The summed E-state index contributed by atoms with van der Waals surface area (Å²) in [4.78, 5) is 15.1. The Morgan fingerprint density at radius 1 is 1.21 bits per heavy atom. The zero-order valence-corrected chi connectivity index (χ0v) is 17.2. The quantitative estimate of drug-likeness (QED) is 0.620. The normalized spacial score (nSPS) is 16.8. The van der Waals surface area contributed by atoms with Crippen molar-refractivity contribution < 1.29 is 23.0 Å². The minimum absolute atomic E-state index is 0.0893. The number of hydrogen-bond donors (Lipinski definition) is 1. The lowest BCUT2D eigenvalue weighted by molar-refractivity contribution is -0.117. The number of amides is 1. The van der Waals surface area contributed by atoms with Crippen molar-refractivity contribution >= 4 is 23.4 Å². The Hall–Kier alpha value is -2.32. The van der Waals surface area contributed by atoms with Crippen molar-refractivity contribution in [3.63, 3.8) is 0 Å². The summed E-state index contributed by atoms with van der Waals surface area (Å²) in [5.74, 6) is -1.13. The maximum Gasteiger partial charge on any atom is 0.288 e. The number of benzene rings is 2. The van der Waals surface area contributed by atoms with Gasteiger partial charge >= 0.3 is 0 Å². The van der Waals surface area contributed by atoms with Crippen LogP contribution in [0.4, 0.5) is 14.5 Å². The molecule has 1 aliphatic rings. The molecule has 3 rings (SSSR count). The number of thioether (sulfide) groups is 1. The summed E-state index contributed by atoms with van der Waals surface area (Å²) in [7, 11) is 3.24. The number of likely N-dealkylation sites (tertiary alicyclic amines) is 1.